The van der Waals surface area contributed by atoms with Crippen molar-refractivity contribution in [3.05, 3.63) is 59.2 Å². The number of fused-ring (bicyclic) bond motifs is 2. The van der Waals surface area contributed by atoms with Gasteiger partial charge >= 0.3 is 11.9 Å². The van der Waals surface area contributed by atoms with Crippen molar-refractivity contribution < 1.29 is 23.9 Å². The molecule has 0 amide bonds. The van der Waals surface area contributed by atoms with E-state index < -0.39 is 40.6 Å². The monoisotopic (exact) mass is 466 g/mol. The molecule has 4 heterocycles. The molecule has 2 aromatic rings. The number of aromatic nitrogens is 2. The molecular weight excluding hydrogens is 436 g/mol. The van der Waals surface area contributed by atoms with Gasteiger partial charge in [-0.1, -0.05) is 12.1 Å². The number of aryl methyl sites for hydroxylation is 2. The Morgan fingerprint density at radius 3 is 1.59 bits per heavy atom. The highest BCUT2D eigenvalue weighted by Crippen LogP contribution is 2.59. The minimum Gasteiger partial charge on any atom is -0.468 e. The minimum absolute atomic E-state index is 0.0792. The average molecular weight is 467 g/mol. The number of methoxy groups -OCH3 is 2. The molecule has 9 heteroatoms. The number of likely N-dealkylation sites (tertiary alicyclic amines) is 2. The topological polar surface area (TPSA) is 102 Å². The number of carbonyl (C=O) groups excluding carboxylic acids is 3. The zero-order valence-electron chi connectivity index (χ0n) is 20.4. The van der Waals surface area contributed by atoms with Crippen LogP contribution in [0.25, 0.3) is 0 Å². The van der Waals surface area contributed by atoms with Gasteiger partial charge in [-0.05, 0) is 51.2 Å². The summed E-state index contributed by atoms with van der Waals surface area (Å²) in [6.07, 6.45) is 3.40. The number of ether oxygens (including phenoxy) is 2. The molecule has 2 aliphatic rings. The SMILES string of the molecule is COC(=O)C12CN(C)CC(C(=O)OC)(C1=O)C(c1ccc(C)cn1)N(C)C2c1ccc(C)cn1. The van der Waals surface area contributed by atoms with Gasteiger partial charge in [0.2, 0.25) is 0 Å². The van der Waals surface area contributed by atoms with E-state index in [9.17, 15) is 14.4 Å². The molecule has 0 spiro atoms. The number of esters is 2. The Morgan fingerprint density at radius 2 is 1.26 bits per heavy atom. The van der Waals surface area contributed by atoms with Crippen LogP contribution in [0.4, 0.5) is 0 Å². The fourth-order valence-electron chi connectivity index (χ4n) is 5.82. The number of hydrogen-bond acceptors (Lipinski definition) is 9. The Balaban J connectivity index is 2.06. The standard InChI is InChI=1S/C25H30N4O5/c1-15-7-9-17(26-11-15)19-24(22(31)33-5)13-28(3)14-25(21(24)30,23(32)34-6)20(29(19)4)18-10-8-16(2)12-27-18/h7-12,19-20H,13-14H2,1-6H3. The Bertz CT molecular complexity index is 1030. The maximum Gasteiger partial charge on any atom is 0.322 e. The molecule has 4 rings (SSSR count). The summed E-state index contributed by atoms with van der Waals surface area (Å²) < 4.78 is 10.4. The average Bonchev–Trinajstić information content (AvgIpc) is 2.82. The van der Waals surface area contributed by atoms with Crippen molar-refractivity contribution in [1.29, 1.82) is 0 Å². The molecule has 34 heavy (non-hydrogen) atoms. The Labute approximate surface area is 199 Å². The Morgan fingerprint density at radius 1 is 0.853 bits per heavy atom. The molecule has 9 nitrogen and oxygen atoms in total. The van der Waals surface area contributed by atoms with Crippen LogP contribution in [0.3, 0.4) is 0 Å². The molecule has 0 aromatic carbocycles. The first-order valence-electron chi connectivity index (χ1n) is 11.1. The number of carbonyl (C=O) groups is 3. The van der Waals surface area contributed by atoms with Gasteiger partial charge in [0, 0.05) is 25.5 Å². The lowest BCUT2D eigenvalue weighted by Crippen LogP contribution is -2.75. The van der Waals surface area contributed by atoms with Crippen LogP contribution >= 0.6 is 0 Å². The number of hydrogen-bond donors (Lipinski definition) is 0. The molecule has 0 aliphatic carbocycles. The van der Waals surface area contributed by atoms with Crippen LogP contribution in [0.15, 0.2) is 36.7 Å². The maximum absolute atomic E-state index is 14.5. The van der Waals surface area contributed by atoms with Crippen LogP contribution < -0.4 is 0 Å². The zero-order valence-corrected chi connectivity index (χ0v) is 20.4. The van der Waals surface area contributed by atoms with Crippen molar-refractivity contribution in [2.75, 3.05) is 41.4 Å². The second-order valence-corrected chi connectivity index (χ2v) is 9.42. The molecule has 0 radical (unpaired) electrons. The highest BCUT2D eigenvalue weighted by Gasteiger charge is 2.75. The molecule has 180 valence electrons. The lowest BCUT2D eigenvalue weighted by atomic mass is 9.54. The predicted molar refractivity (Wildman–Crippen MR) is 123 cm³/mol. The van der Waals surface area contributed by atoms with Crippen LogP contribution in [-0.2, 0) is 23.9 Å². The van der Waals surface area contributed by atoms with Gasteiger partial charge in [-0.15, -0.1) is 0 Å². The minimum atomic E-state index is -1.69. The fraction of sp³-hybridized carbons (Fsp3) is 0.480. The molecule has 2 aromatic heterocycles. The third-order valence-electron chi connectivity index (χ3n) is 7.13. The third kappa shape index (κ3) is 3.25. The van der Waals surface area contributed by atoms with E-state index >= 15 is 0 Å². The molecular formula is C25H30N4O5. The van der Waals surface area contributed by atoms with Crippen LogP contribution in [0, 0.1) is 24.7 Å². The summed E-state index contributed by atoms with van der Waals surface area (Å²) in [5, 5.41) is 0. The van der Waals surface area contributed by atoms with Gasteiger partial charge in [0.25, 0.3) is 0 Å². The van der Waals surface area contributed by atoms with Gasteiger partial charge in [0.1, 0.15) is 0 Å². The third-order valence-corrected chi connectivity index (χ3v) is 7.13. The second kappa shape index (κ2) is 8.56. The van der Waals surface area contributed by atoms with Gasteiger partial charge < -0.3 is 14.4 Å². The van der Waals surface area contributed by atoms with Crippen molar-refractivity contribution in [3.63, 3.8) is 0 Å². The number of pyridine rings is 2. The van der Waals surface area contributed by atoms with Crippen LogP contribution in [0.5, 0.6) is 0 Å². The molecule has 2 aliphatic heterocycles. The van der Waals surface area contributed by atoms with E-state index in [0.29, 0.717) is 11.4 Å². The van der Waals surface area contributed by atoms with Gasteiger partial charge in [-0.25, -0.2) is 0 Å². The molecule has 2 fully saturated rings. The van der Waals surface area contributed by atoms with Gasteiger partial charge in [-0.3, -0.25) is 29.3 Å². The van der Waals surface area contributed by atoms with Gasteiger partial charge in [0.15, 0.2) is 16.6 Å². The van der Waals surface area contributed by atoms with Crippen LogP contribution in [0.2, 0.25) is 0 Å². The lowest BCUT2D eigenvalue weighted by molar-refractivity contribution is -0.202. The van der Waals surface area contributed by atoms with Crippen LogP contribution in [-0.4, -0.2) is 78.9 Å². The highest BCUT2D eigenvalue weighted by molar-refractivity contribution is 6.17. The maximum atomic E-state index is 14.5. The van der Waals surface area contributed by atoms with E-state index in [1.54, 1.807) is 26.5 Å². The van der Waals surface area contributed by atoms with E-state index in [1.807, 2.05) is 47.9 Å². The number of ketones is 1. The van der Waals surface area contributed by atoms with Crippen LogP contribution in [0.1, 0.15) is 34.6 Å². The summed E-state index contributed by atoms with van der Waals surface area (Å²) in [4.78, 5) is 54.4. The van der Waals surface area contributed by atoms with Gasteiger partial charge in [0.05, 0.1) is 37.7 Å². The number of rotatable bonds is 4. The first-order chi connectivity index (χ1) is 16.1. The molecule has 4 unspecified atom stereocenters. The molecule has 2 saturated heterocycles. The first kappa shape index (κ1) is 24.0. The summed E-state index contributed by atoms with van der Waals surface area (Å²) in [6, 6.07) is 5.82. The summed E-state index contributed by atoms with van der Waals surface area (Å²) >= 11 is 0. The Hall–Kier alpha value is -3.17. The van der Waals surface area contributed by atoms with Crippen molar-refractivity contribution in [2.45, 2.75) is 25.9 Å². The molecule has 4 atom stereocenters. The summed E-state index contributed by atoms with van der Waals surface area (Å²) in [7, 11) is 6.09. The smallest absolute Gasteiger partial charge is 0.322 e. The van der Waals surface area contributed by atoms with Crippen molar-refractivity contribution in [2.24, 2.45) is 10.8 Å². The zero-order chi connectivity index (χ0) is 24.8. The lowest BCUT2D eigenvalue weighted by Gasteiger charge is -2.60. The number of nitrogens with zero attached hydrogens (tertiary/aromatic N) is 4. The van der Waals surface area contributed by atoms with E-state index in [1.165, 1.54) is 14.2 Å². The van der Waals surface area contributed by atoms with E-state index in [2.05, 4.69) is 9.97 Å². The fourth-order valence-corrected chi connectivity index (χ4v) is 5.82. The first-order valence-corrected chi connectivity index (χ1v) is 11.1. The van der Waals surface area contributed by atoms with E-state index in [-0.39, 0.29) is 13.1 Å². The van der Waals surface area contributed by atoms with Crippen molar-refractivity contribution >= 4 is 17.7 Å². The van der Waals surface area contributed by atoms with E-state index in [0.717, 1.165) is 11.1 Å². The largest absolute Gasteiger partial charge is 0.468 e. The van der Waals surface area contributed by atoms with Crippen molar-refractivity contribution in [3.8, 4) is 0 Å². The van der Waals surface area contributed by atoms with E-state index in [4.69, 9.17) is 9.47 Å². The number of Topliss-reactive ketones (excluding diaryl/α,β-unsaturated/α-hetero) is 1. The number of piperidine rings is 2. The molecule has 0 N–H and O–H groups in total. The summed E-state index contributed by atoms with van der Waals surface area (Å²) in [6.45, 7) is 3.99. The normalized spacial score (nSPS) is 29.5. The van der Waals surface area contributed by atoms with Gasteiger partial charge in [-0.2, -0.15) is 0 Å². The molecule has 2 bridgehead atoms. The summed E-state index contributed by atoms with van der Waals surface area (Å²) in [5.74, 6) is -1.92. The molecule has 0 saturated carbocycles. The second-order valence-electron chi connectivity index (χ2n) is 9.42. The quantitative estimate of drug-likeness (QED) is 0.492. The summed E-state index contributed by atoms with van der Waals surface area (Å²) in [5.41, 5.74) is -0.401. The highest BCUT2D eigenvalue weighted by atomic mass is 16.5. The Kier molecular flexibility index (Phi) is 6.03. The van der Waals surface area contributed by atoms with Crippen molar-refractivity contribution in [1.82, 2.24) is 19.8 Å². The predicted octanol–water partition coefficient (Wildman–Crippen LogP) is 1.65.